The van der Waals surface area contributed by atoms with Crippen molar-refractivity contribution in [3.8, 4) is 0 Å². The van der Waals surface area contributed by atoms with Crippen LogP contribution in [0.25, 0.3) is 0 Å². The lowest BCUT2D eigenvalue weighted by atomic mass is 10.0. The molecular formula is C11H13ClF3NO2. The zero-order chi connectivity index (χ0) is 13.0. The fourth-order valence-corrected chi connectivity index (χ4v) is 1.30. The van der Waals surface area contributed by atoms with Crippen LogP contribution in [0.5, 0.6) is 0 Å². The summed E-state index contributed by atoms with van der Waals surface area (Å²) in [5.74, 6) is -2.96. The first-order valence-corrected chi connectivity index (χ1v) is 4.98. The lowest BCUT2D eigenvalue weighted by Gasteiger charge is -2.16. The van der Waals surface area contributed by atoms with E-state index in [2.05, 4.69) is 4.74 Å². The molecule has 7 heteroatoms. The second-order valence-corrected chi connectivity index (χ2v) is 3.35. The summed E-state index contributed by atoms with van der Waals surface area (Å²) in [6.45, 7) is 1.51. The number of esters is 1. The first-order chi connectivity index (χ1) is 7.97. The molecule has 0 aromatic heterocycles. The van der Waals surface area contributed by atoms with Gasteiger partial charge in [0.2, 0.25) is 6.17 Å². The van der Waals surface area contributed by atoms with Crippen LogP contribution in [0.2, 0.25) is 0 Å². The zero-order valence-electron chi connectivity index (χ0n) is 9.53. The number of alkyl halides is 1. The number of ether oxygens (including phenoxy) is 1. The van der Waals surface area contributed by atoms with Gasteiger partial charge in [0.15, 0.2) is 0 Å². The molecule has 0 aliphatic rings. The van der Waals surface area contributed by atoms with E-state index in [-0.39, 0.29) is 24.6 Å². The Morgan fingerprint density at radius 2 is 2.06 bits per heavy atom. The highest BCUT2D eigenvalue weighted by molar-refractivity contribution is 5.85. The average Bonchev–Trinajstić information content (AvgIpc) is 2.27. The molecule has 3 nitrogen and oxygen atoms in total. The van der Waals surface area contributed by atoms with E-state index >= 15 is 0 Å². The molecule has 2 atom stereocenters. The van der Waals surface area contributed by atoms with E-state index in [4.69, 9.17) is 5.73 Å². The predicted molar refractivity (Wildman–Crippen MR) is 62.1 cm³/mol. The smallest absolute Gasteiger partial charge is 0.342 e. The van der Waals surface area contributed by atoms with Crippen LogP contribution >= 0.6 is 12.4 Å². The SMILES string of the molecule is CCOC(=O)C(F)[C@H](N)c1ccc(F)cc1F.Cl. The molecule has 0 bridgehead atoms. The van der Waals surface area contributed by atoms with E-state index in [1.54, 1.807) is 0 Å². The largest absolute Gasteiger partial charge is 0.464 e. The van der Waals surface area contributed by atoms with Gasteiger partial charge in [0.1, 0.15) is 11.6 Å². The maximum atomic E-state index is 13.5. The molecule has 0 aliphatic heterocycles. The van der Waals surface area contributed by atoms with Crippen LogP contribution < -0.4 is 5.73 Å². The van der Waals surface area contributed by atoms with Gasteiger partial charge < -0.3 is 10.5 Å². The van der Waals surface area contributed by atoms with E-state index in [0.29, 0.717) is 6.07 Å². The van der Waals surface area contributed by atoms with E-state index in [1.807, 2.05) is 0 Å². The highest BCUT2D eigenvalue weighted by Crippen LogP contribution is 2.21. The number of carbonyl (C=O) groups is 1. The Morgan fingerprint density at radius 1 is 1.44 bits per heavy atom. The first kappa shape index (κ1) is 16.7. The second-order valence-electron chi connectivity index (χ2n) is 3.35. The van der Waals surface area contributed by atoms with Crippen molar-refractivity contribution in [3.05, 3.63) is 35.4 Å². The standard InChI is InChI=1S/C11H12F3NO2.ClH/c1-2-17-11(16)9(14)10(15)7-4-3-6(12)5-8(7)13;/h3-5,9-10H,2,15H2,1H3;1H/t9?,10-;/m1./s1. The van der Waals surface area contributed by atoms with Gasteiger partial charge in [0.25, 0.3) is 0 Å². The molecule has 0 radical (unpaired) electrons. The summed E-state index contributed by atoms with van der Waals surface area (Å²) in [7, 11) is 0. The number of carbonyl (C=O) groups excluding carboxylic acids is 1. The molecular weight excluding hydrogens is 271 g/mol. The first-order valence-electron chi connectivity index (χ1n) is 4.98. The van der Waals surface area contributed by atoms with Crippen LogP contribution in [0, 0.1) is 11.6 Å². The number of hydrogen-bond donors (Lipinski definition) is 1. The minimum absolute atomic E-state index is 0. The molecule has 0 saturated heterocycles. The van der Waals surface area contributed by atoms with Crippen LogP contribution in [0.1, 0.15) is 18.5 Å². The van der Waals surface area contributed by atoms with Crippen LogP contribution in [0.15, 0.2) is 18.2 Å². The molecule has 1 aromatic carbocycles. The van der Waals surface area contributed by atoms with Crippen molar-refractivity contribution in [2.45, 2.75) is 19.1 Å². The number of benzene rings is 1. The minimum Gasteiger partial charge on any atom is -0.464 e. The summed E-state index contributed by atoms with van der Waals surface area (Å²) >= 11 is 0. The Hall–Kier alpha value is -1.27. The summed E-state index contributed by atoms with van der Waals surface area (Å²) in [5, 5.41) is 0. The summed E-state index contributed by atoms with van der Waals surface area (Å²) in [6.07, 6.45) is -2.19. The minimum atomic E-state index is -2.19. The highest BCUT2D eigenvalue weighted by atomic mass is 35.5. The van der Waals surface area contributed by atoms with Gasteiger partial charge in [-0.25, -0.2) is 18.0 Å². The Bertz CT molecular complexity index is 417. The number of hydrogen-bond acceptors (Lipinski definition) is 3. The van der Waals surface area contributed by atoms with Gasteiger partial charge in [-0.2, -0.15) is 0 Å². The molecule has 2 N–H and O–H groups in total. The molecule has 1 aromatic rings. The van der Waals surface area contributed by atoms with E-state index in [0.717, 1.165) is 12.1 Å². The summed E-state index contributed by atoms with van der Waals surface area (Å²) in [5.41, 5.74) is 5.11. The van der Waals surface area contributed by atoms with Gasteiger partial charge in [-0.05, 0) is 13.0 Å². The van der Waals surface area contributed by atoms with Gasteiger partial charge in [-0.1, -0.05) is 6.07 Å². The fourth-order valence-electron chi connectivity index (χ4n) is 1.30. The quantitative estimate of drug-likeness (QED) is 0.863. The number of rotatable bonds is 4. The van der Waals surface area contributed by atoms with E-state index in [1.165, 1.54) is 6.92 Å². The van der Waals surface area contributed by atoms with E-state index in [9.17, 15) is 18.0 Å². The predicted octanol–water partition coefficient (Wildman–Crippen LogP) is 2.29. The number of halogens is 4. The van der Waals surface area contributed by atoms with Crippen molar-refractivity contribution >= 4 is 18.4 Å². The van der Waals surface area contributed by atoms with Crippen molar-refractivity contribution in [2.24, 2.45) is 5.73 Å². The summed E-state index contributed by atoms with van der Waals surface area (Å²) in [6, 6.07) is 0.999. The molecule has 18 heavy (non-hydrogen) atoms. The Balaban J connectivity index is 0.00000289. The molecule has 0 heterocycles. The molecule has 0 fully saturated rings. The van der Waals surface area contributed by atoms with Gasteiger partial charge in [-0.3, -0.25) is 0 Å². The lowest BCUT2D eigenvalue weighted by Crippen LogP contribution is -2.32. The third-order valence-electron chi connectivity index (χ3n) is 2.15. The van der Waals surface area contributed by atoms with Gasteiger partial charge in [0.05, 0.1) is 12.6 Å². The van der Waals surface area contributed by atoms with E-state index < -0.39 is 29.8 Å². The van der Waals surface area contributed by atoms with Crippen molar-refractivity contribution < 1.29 is 22.7 Å². The third-order valence-corrected chi connectivity index (χ3v) is 2.15. The third kappa shape index (κ3) is 3.89. The van der Waals surface area contributed by atoms with Gasteiger partial charge in [0, 0.05) is 11.6 Å². The number of nitrogens with two attached hydrogens (primary N) is 1. The summed E-state index contributed by atoms with van der Waals surface area (Å²) in [4.78, 5) is 11.1. The average molecular weight is 284 g/mol. The second kappa shape index (κ2) is 7.23. The normalized spacial score (nSPS) is 13.4. The van der Waals surface area contributed by atoms with Crippen molar-refractivity contribution in [1.82, 2.24) is 0 Å². The Kier molecular flexibility index (Phi) is 6.72. The van der Waals surface area contributed by atoms with Crippen molar-refractivity contribution in [3.63, 3.8) is 0 Å². The highest BCUT2D eigenvalue weighted by Gasteiger charge is 2.29. The maximum absolute atomic E-state index is 13.5. The molecule has 0 aliphatic carbocycles. The van der Waals surface area contributed by atoms with Crippen molar-refractivity contribution in [2.75, 3.05) is 6.61 Å². The molecule has 0 spiro atoms. The molecule has 1 unspecified atom stereocenters. The molecule has 1 rings (SSSR count). The van der Waals surface area contributed by atoms with Gasteiger partial charge >= 0.3 is 5.97 Å². The Labute approximate surface area is 109 Å². The van der Waals surface area contributed by atoms with Crippen LogP contribution in [0.4, 0.5) is 13.2 Å². The monoisotopic (exact) mass is 283 g/mol. The maximum Gasteiger partial charge on any atom is 0.342 e. The summed E-state index contributed by atoms with van der Waals surface area (Å²) < 4.78 is 43.8. The fraction of sp³-hybridized carbons (Fsp3) is 0.364. The van der Waals surface area contributed by atoms with Crippen LogP contribution in [0.3, 0.4) is 0 Å². The van der Waals surface area contributed by atoms with Gasteiger partial charge in [-0.15, -0.1) is 12.4 Å². The zero-order valence-corrected chi connectivity index (χ0v) is 10.3. The molecule has 0 amide bonds. The topological polar surface area (TPSA) is 52.3 Å². The lowest BCUT2D eigenvalue weighted by molar-refractivity contribution is -0.149. The molecule has 102 valence electrons. The van der Waals surface area contributed by atoms with Crippen molar-refractivity contribution in [1.29, 1.82) is 0 Å². The Morgan fingerprint density at radius 3 is 2.56 bits per heavy atom. The van der Waals surface area contributed by atoms with Crippen LogP contribution in [-0.2, 0) is 9.53 Å². The molecule has 0 saturated carbocycles. The van der Waals surface area contributed by atoms with Crippen LogP contribution in [-0.4, -0.2) is 18.7 Å².